The highest BCUT2D eigenvalue weighted by Crippen LogP contribution is 2.22. The minimum atomic E-state index is 0.151. The second-order valence-corrected chi connectivity index (χ2v) is 5.93. The highest BCUT2D eigenvalue weighted by Gasteiger charge is 2.05. The second-order valence-electron chi connectivity index (χ2n) is 4.69. The predicted molar refractivity (Wildman–Crippen MR) is 90.5 cm³/mol. The summed E-state index contributed by atoms with van der Waals surface area (Å²) in [6.45, 7) is 0.681. The van der Waals surface area contributed by atoms with Crippen LogP contribution in [0, 0.1) is 3.57 Å². The van der Waals surface area contributed by atoms with Crippen molar-refractivity contribution in [3.8, 4) is 17.0 Å². The molecule has 1 aromatic carbocycles. The molecule has 4 nitrogen and oxygen atoms in total. The summed E-state index contributed by atoms with van der Waals surface area (Å²) in [6.07, 6.45) is 4.73. The summed E-state index contributed by atoms with van der Waals surface area (Å²) in [5, 5.41) is 8.73. The number of halogens is 1. The van der Waals surface area contributed by atoms with Gasteiger partial charge in [0.25, 0.3) is 0 Å². The third-order valence-corrected chi connectivity index (χ3v) is 3.77. The zero-order valence-corrected chi connectivity index (χ0v) is 13.5. The number of aliphatic hydroxyl groups excluding tert-OH is 1. The van der Waals surface area contributed by atoms with Gasteiger partial charge in [0.05, 0.1) is 12.3 Å². The van der Waals surface area contributed by atoms with Crippen LogP contribution >= 0.6 is 22.6 Å². The second kappa shape index (κ2) is 6.44. The van der Waals surface area contributed by atoms with Gasteiger partial charge in [-0.05, 0) is 59.0 Å². The number of rotatable bonds is 5. The van der Waals surface area contributed by atoms with E-state index in [0.29, 0.717) is 13.0 Å². The van der Waals surface area contributed by atoms with E-state index in [-0.39, 0.29) is 6.61 Å². The topological polar surface area (TPSA) is 46.8 Å². The molecule has 0 atom stereocenters. The van der Waals surface area contributed by atoms with E-state index >= 15 is 0 Å². The number of hydrogen-bond donors (Lipinski definition) is 1. The standard InChI is InChI=1S/C16H15IN2O2/c17-13-4-7-16-18-15(11-19(16)10-13)12-2-5-14(6-3-12)21-9-1-8-20/h2-7,10-11,20H,1,8-9H2/i17+4. The lowest BCUT2D eigenvalue weighted by atomic mass is 10.2. The van der Waals surface area contributed by atoms with Crippen molar-refractivity contribution in [3.05, 3.63) is 52.4 Å². The molecular weight excluding hydrogens is 383 g/mol. The Morgan fingerprint density at radius 1 is 1.10 bits per heavy atom. The molecule has 0 saturated carbocycles. The lowest BCUT2D eigenvalue weighted by Gasteiger charge is -2.05. The van der Waals surface area contributed by atoms with Crippen LogP contribution in [0.15, 0.2) is 48.8 Å². The van der Waals surface area contributed by atoms with E-state index in [9.17, 15) is 0 Å². The van der Waals surface area contributed by atoms with Gasteiger partial charge >= 0.3 is 0 Å². The molecule has 21 heavy (non-hydrogen) atoms. The minimum Gasteiger partial charge on any atom is -0.494 e. The maximum Gasteiger partial charge on any atom is 0.137 e. The SMILES string of the molecule is OCCCOc1ccc(-c2cn3cc([131I])ccc3n2)cc1. The Hall–Kier alpha value is -1.60. The molecule has 0 aliphatic heterocycles. The molecule has 1 N–H and O–H groups in total. The summed E-state index contributed by atoms with van der Waals surface area (Å²) in [4.78, 5) is 4.61. The van der Waals surface area contributed by atoms with Crippen LogP contribution in [0.25, 0.3) is 16.9 Å². The van der Waals surface area contributed by atoms with Crippen LogP contribution < -0.4 is 4.74 Å². The number of benzene rings is 1. The molecule has 3 aromatic rings. The smallest absolute Gasteiger partial charge is 0.137 e. The summed E-state index contributed by atoms with van der Waals surface area (Å²) < 4.78 is 8.73. The van der Waals surface area contributed by atoms with Crippen molar-refractivity contribution < 1.29 is 9.84 Å². The van der Waals surface area contributed by atoms with Crippen LogP contribution in [-0.2, 0) is 0 Å². The molecule has 0 aliphatic carbocycles. The maximum atomic E-state index is 8.73. The van der Waals surface area contributed by atoms with Crippen LogP contribution in [0.5, 0.6) is 5.75 Å². The molecule has 5 heteroatoms. The van der Waals surface area contributed by atoms with Crippen molar-refractivity contribution in [1.82, 2.24) is 9.38 Å². The van der Waals surface area contributed by atoms with Crippen molar-refractivity contribution in [1.29, 1.82) is 0 Å². The summed E-state index contributed by atoms with van der Waals surface area (Å²) in [5.41, 5.74) is 2.94. The molecule has 3 rings (SSSR count). The Balaban J connectivity index is 1.81. The van der Waals surface area contributed by atoms with Gasteiger partial charge in [-0.15, -0.1) is 0 Å². The number of hydrogen-bond acceptors (Lipinski definition) is 3. The fourth-order valence-corrected chi connectivity index (χ4v) is 2.56. The number of fused-ring (bicyclic) bond motifs is 1. The van der Waals surface area contributed by atoms with E-state index in [1.54, 1.807) is 0 Å². The molecule has 0 spiro atoms. The number of aliphatic hydroxyl groups is 1. The van der Waals surface area contributed by atoms with E-state index in [4.69, 9.17) is 9.84 Å². The fraction of sp³-hybridized carbons (Fsp3) is 0.188. The normalized spacial score (nSPS) is 11.0. The van der Waals surface area contributed by atoms with E-state index in [1.165, 1.54) is 3.57 Å². The first-order chi connectivity index (χ1) is 10.3. The Morgan fingerprint density at radius 2 is 1.90 bits per heavy atom. The molecule has 0 unspecified atom stereocenters. The quantitative estimate of drug-likeness (QED) is 0.530. The molecule has 2 heterocycles. The zero-order valence-electron chi connectivity index (χ0n) is 11.4. The van der Waals surface area contributed by atoms with Gasteiger partial charge in [-0.1, -0.05) is 0 Å². The molecule has 0 fully saturated rings. The molecule has 0 radical (unpaired) electrons. The monoisotopic (exact) mass is 398 g/mol. The van der Waals surface area contributed by atoms with Gasteiger partial charge in [0.15, 0.2) is 0 Å². The fourth-order valence-electron chi connectivity index (χ4n) is 2.08. The zero-order chi connectivity index (χ0) is 14.7. The summed E-state index contributed by atoms with van der Waals surface area (Å²) in [6, 6.07) is 11.9. The average Bonchev–Trinajstić information content (AvgIpc) is 2.91. The first kappa shape index (κ1) is 14.3. The van der Waals surface area contributed by atoms with Crippen molar-refractivity contribution >= 4 is 28.2 Å². The molecule has 2 aromatic heterocycles. The largest absolute Gasteiger partial charge is 0.494 e. The van der Waals surface area contributed by atoms with Gasteiger partial charge in [0.1, 0.15) is 11.4 Å². The van der Waals surface area contributed by atoms with E-state index in [1.807, 2.05) is 47.0 Å². The van der Waals surface area contributed by atoms with Gasteiger partial charge in [0.2, 0.25) is 0 Å². The van der Waals surface area contributed by atoms with Gasteiger partial charge in [0, 0.05) is 34.6 Å². The molecule has 0 bridgehead atoms. The van der Waals surface area contributed by atoms with E-state index < -0.39 is 0 Å². The summed E-state index contributed by atoms with van der Waals surface area (Å²) in [5.74, 6) is 0.811. The van der Waals surface area contributed by atoms with Crippen LogP contribution in [0.1, 0.15) is 6.42 Å². The third kappa shape index (κ3) is 3.36. The molecule has 0 saturated heterocycles. The molecular formula is C16H15IN2O2. The predicted octanol–water partition coefficient (Wildman–Crippen LogP) is 3.37. The van der Waals surface area contributed by atoms with Crippen LogP contribution in [0.2, 0.25) is 0 Å². The Labute approximate surface area is 136 Å². The van der Waals surface area contributed by atoms with Gasteiger partial charge in [-0.3, -0.25) is 0 Å². The number of imidazole rings is 1. The highest BCUT2D eigenvalue weighted by molar-refractivity contribution is 14.1. The number of ether oxygens (including phenoxy) is 1. The third-order valence-electron chi connectivity index (χ3n) is 3.14. The van der Waals surface area contributed by atoms with Crippen LogP contribution in [0.4, 0.5) is 0 Å². The van der Waals surface area contributed by atoms with Crippen molar-refractivity contribution in [2.24, 2.45) is 0 Å². The van der Waals surface area contributed by atoms with Crippen molar-refractivity contribution in [3.63, 3.8) is 0 Å². The first-order valence-electron chi connectivity index (χ1n) is 6.74. The number of aromatic nitrogens is 2. The van der Waals surface area contributed by atoms with Crippen molar-refractivity contribution in [2.45, 2.75) is 6.42 Å². The van der Waals surface area contributed by atoms with Gasteiger partial charge < -0.3 is 14.2 Å². The number of pyridine rings is 1. The molecule has 108 valence electrons. The average molecular weight is 398 g/mol. The minimum absolute atomic E-state index is 0.151. The Bertz CT molecular complexity index is 738. The number of nitrogens with zero attached hydrogens (tertiary/aromatic N) is 2. The summed E-state index contributed by atoms with van der Waals surface area (Å²) in [7, 11) is 0. The van der Waals surface area contributed by atoms with Gasteiger partial charge in [-0.25, -0.2) is 4.98 Å². The van der Waals surface area contributed by atoms with Crippen LogP contribution in [0.3, 0.4) is 0 Å². The first-order valence-corrected chi connectivity index (χ1v) is 7.82. The van der Waals surface area contributed by atoms with Gasteiger partial charge in [-0.2, -0.15) is 0 Å². The lowest BCUT2D eigenvalue weighted by molar-refractivity contribution is 0.233. The lowest BCUT2D eigenvalue weighted by Crippen LogP contribution is -1.99. The Kier molecular flexibility index (Phi) is 4.40. The van der Waals surface area contributed by atoms with E-state index in [2.05, 4.69) is 33.8 Å². The Morgan fingerprint density at radius 3 is 2.67 bits per heavy atom. The highest BCUT2D eigenvalue weighted by atomic mass is 131. The maximum absolute atomic E-state index is 8.73. The van der Waals surface area contributed by atoms with Crippen molar-refractivity contribution in [2.75, 3.05) is 13.2 Å². The van der Waals surface area contributed by atoms with E-state index in [0.717, 1.165) is 22.7 Å². The van der Waals surface area contributed by atoms with Crippen LogP contribution in [-0.4, -0.2) is 27.7 Å². The molecule has 0 aliphatic rings. The molecule has 0 amide bonds. The summed E-state index contributed by atoms with van der Waals surface area (Å²) >= 11 is 2.29.